The summed E-state index contributed by atoms with van der Waals surface area (Å²) in [6, 6.07) is 11.9. The first-order valence-corrected chi connectivity index (χ1v) is 16.6. The molecule has 0 unspecified atom stereocenters. The van der Waals surface area contributed by atoms with E-state index in [-0.39, 0.29) is 18.5 Å². The summed E-state index contributed by atoms with van der Waals surface area (Å²) in [4.78, 5) is 31.2. The molecule has 0 aromatic heterocycles. The van der Waals surface area contributed by atoms with Crippen molar-refractivity contribution in [1.82, 2.24) is 4.90 Å². The predicted octanol–water partition coefficient (Wildman–Crippen LogP) is 5.10. The van der Waals surface area contributed by atoms with Crippen LogP contribution in [0.4, 0.5) is 5.69 Å². The van der Waals surface area contributed by atoms with Crippen LogP contribution in [0.3, 0.4) is 0 Å². The van der Waals surface area contributed by atoms with E-state index < -0.39 is 14.1 Å². The highest BCUT2D eigenvalue weighted by atomic mass is 28.3. The molecule has 0 N–H and O–H groups in total. The lowest BCUT2D eigenvalue weighted by atomic mass is 9.93. The first-order valence-electron chi connectivity index (χ1n) is 12.8. The fourth-order valence-electron chi connectivity index (χ4n) is 4.62. The molecule has 2 aliphatic rings. The fraction of sp³-hybridized carbons (Fsp3) is 0.500. The third-order valence-electron chi connectivity index (χ3n) is 6.84. The topological polar surface area (TPSA) is 68.3 Å². The van der Waals surface area contributed by atoms with Gasteiger partial charge in [0.05, 0.1) is 25.0 Å². The lowest BCUT2D eigenvalue weighted by molar-refractivity contribution is -0.124. The molecule has 8 heteroatoms. The third-order valence-corrected chi connectivity index (χ3v) is 8.54. The zero-order valence-electron chi connectivity index (χ0n) is 22.1. The third kappa shape index (κ3) is 5.60. The molecule has 36 heavy (non-hydrogen) atoms. The molecule has 4 rings (SSSR count). The van der Waals surface area contributed by atoms with Crippen molar-refractivity contribution in [2.45, 2.75) is 64.5 Å². The number of anilines is 1. The summed E-state index contributed by atoms with van der Waals surface area (Å²) < 4.78 is 17.7. The quantitative estimate of drug-likeness (QED) is 0.329. The molecular formula is C28H38N2O5Si. The van der Waals surface area contributed by atoms with E-state index >= 15 is 0 Å². The number of ether oxygens (including phenoxy) is 3. The van der Waals surface area contributed by atoms with Crippen molar-refractivity contribution in [1.29, 1.82) is 0 Å². The molecule has 2 heterocycles. The van der Waals surface area contributed by atoms with Crippen LogP contribution in [0.2, 0.25) is 25.7 Å². The van der Waals surface area contributed by atoms with Crippen LogP contribution in [0.25, 0.3) is 0 Å². The number of unbranched alkanes of at least 4 members (excludes halogenated alkanes) is 1. The highest BCUT2D eigenvalue weighted by molar-refractivity contribution is 6.76. The second-order valence-corrected chi connectivity index (χ2v) is 16.4. The minimum atomic E-state index is -1.29. The van der Waals surface area contributed by atoms with Gasteiger partial charge in [-0.15, -0.1) is 0 Å². The van der Waals surface area contributed by atoms with Gasteiger partial charge in [-0.2, -0.15) is 0 Å². The second kappa shape index (κ2) is 11.0. The van der Waals surface area contributed by atoms with Gasteiger partial charge in [-0.25, -0.2) is 0 Å². The van der Waals surface area contributed by atoms with Gasteiger partial charge in [-0.1, -0.05) is 57.3 Å². The summed E-state index contributed by atoms with van der Waals surface area (Å²) in [5.74, 6) is 0.705. The van der Waals surface area contributed by atoms with Gasteiger partial charge in [0.15, 0.2) is 11.5 Å². The van der Waals surface area contributed by atoms with E-state index in [1.54, 1.807) is 29.0 Å². The number of methoxy groups -OCH3 is 1. The van der Waals surface area contributed by atoms with Gasteiger partial charge in [-0.3, -0.25) is 14.5 Å². The highest BCUT2D eigenvalue weighted by Gasteiger charge is 2.42. The van der Waals surface area contributed by atoms with Gasteiger partial charge in [0.1, 0.15) is 12.8 Å². The van der Waals surface area contributed by atoms with E-state index in [4.69, 9.17) is 14.2 Å². The molecule has 0 aliphatic carbocycles. The van der Waals surface area contributed by atoms with Crippen LogP contribution in [-0.2, 0) is 22.5 Å². The molecule has 0 saturated carbocycles. The van der Waals surface area contributed by atoms with Gasteiger partial charge >= 0.3 is 0 Å². The Morgan fingerprint density at radius 1 is 1.03 bits per heavy atom. The van der Waals surface area contributed by atoms with Crippen molar-refractivity contribution in [3.05, 3.63) is 53.1 Å². The summed E-state index contributed by atoms with van der Waals surface area (Å²) in [5.41, 5.74) is 3.12. The average Bonchev–Trinajstić information content (AvgIpc) is 2.93. The highest BCUT2D eigenvalue weighted by Crippen LogP contribution is 2.40. The number of carbonyl (C=O) groups is 2. The molecule has 2 aromatic carbocycles. The minimum Gasteiger partial charge on any atom is -0.493 e. The largest absolute Gasteiger partial charge is 0.493 e. The second-order valence-electron chi connectivity index (χ2n) is 10.8. The minimum absolute atomic E-state index is 0.0936. The Kier molecular flexibility index (Phi) is 8.05. The van der Waals surface area contributed by atoms with E-state index in [0.29, 0.717) is 48.9 Å². The number of hydrogen-bond donors (Lipinski definition) is 0. The summed E-state index contributed by atoms with van der Waals surface area (Å²) in [6.07, 6.45) is 2.38. The first-order chi connectivity index (χ1) is 17.2. The summed E-state index contributed by atoms with van der Waals surface area (Å²) in [5, 5.41) is 0. The van der Waals surface area contributed by atoms with Crippen molar-refractivity contribution >= 4 is 25.6 Å². The maximum atomic E-state index is 14.0. The Labute approximate surface area is 215 Å². The summed E-state index contributed by atoms with van der Waals surface area (Å²) in [6.45, 7) is 10.6. The molecule has 0 bridgehead atoms. The molecule has 0 radical (unpaired) electrons. The molecule has 194 valence electrons. The molecule has 1 atom stereocenters. The smallest absolute Gasteiger partial charge is 0.257 e. The molecule has 0 fully saturated rings. The van der Waals surface area contributed by atoms with Crippen molar-refractivity contribution < 1.29 is 23.8 Å². The molecule has 0 saturated heterocycles. The van der Waals surface area contributed by atoms with Gasteiger partial charge in [0.25, 0.3) is 11.8 Å². The number of hydrogen-bond acceptors (Lipinski definition) is 5. The van der Waals surface area contributed by atoms with Gasteiger partial charge < -0.3 is 19.1 Å². The zero-order valence-corrected chi connectivity index (χ0v) is 23.1. The van der Waals surface area contributed by atoms with Crippen LogP contribution < -0.4 is 14.4 Å². The van der Waals surface area contributed by atoms with Crippen LogP contribution >= 0.6 is 0 Å². The van der Waals surface area contributed by atoms with E-state index in [9.17, 15) is 9.59 Å². The van der Waals surface area contributed by atoms with Crippen molar-refractivity contribution in [2.24, 2.45) is 0 Å². The van der Waals surface area contributed by atoms with Crippen LogP contribution in [0, 0.1) is 0 Å². The zero-order chi connectivity index (χ0) is 25.9. The van der Waals surface area contributed by atoms with Crippen molar-refractivity contribution in [3.63, 3.8) is 0 Å². The molecule has 2 amide bonds. The van der Waals surface area contributed by atoms with Crippen LogP contribution in [0.15, 0.2) is 36.4 Å². The monoisotopic (exact) mass is 510 g/mol. The van der Waals surface area contributed by atoms with Crippen molar-refractivity contribution in [2.75, 3.05) is 32.0 Å². The number of benzene rings is 2. The van der Waals surface area contributed by atoms with E-state index in [2.05, 4.69) is 26.6 Å². The van der Waals surface area contributed by atoms with Crippen LogP contribution in [0.5, 0.6) is 11.5 Å². The average molecular weight is 511 g/mol. The maximum Gasteiger partial charge on any atom is 0.257 e. The first kappa shape index (κ1) is 26.2. The normalized spacial score (nSPS) is 17.3. The van der Waals surface area contributed by atoms with Crippen LogP contribution in [-0.4, -0.2) is 57.9 Å². The Bertz CT molecular complexity index is 1110. The Balaban J connectivity index is 1.73. The number of carbonyl (C=O) groups excluding carboxylic acids is 2. The van der Waals surface area contributed by atoms with E-state index in [1.807, 2.05) is 24.3 Å². The van der Waals surface area contributed by atoms with Gasteiger partial charge in [0.2, 0.25) is 0 Å². The van der Waals surface area contributed by atoms with Crippen molar-refractivity contribution in [3.8, 4) is 11.5 Å². The van der Waals surface area contributed by atoms with Crippen LogP contribution in [0.1, 0.15) is 41.3 Å². The Hall–Kier alpha value is -2.84. The standard InChI is InChI=1S/C28H38N2O5Si/c1-6-7-12-35-26-17-23-22(16-25(26)33-2)27(31)29-18-21-11-9-8-10-20(21)15-24(29)28(32)30(23)19-34-13-14-36(3,4)5/h8-11,16-17,24H,6-7,12-15,18-19H2,1-5H3/t24-/m0/s1. The summed E-state index contributed by atoms with van der Waals surface area (Å²) in [7, 11) is 0.279. The fourth-order valence-corrected chi connectivity index (χ4v) is 5.38. The van der Waals surface area contributed by atoms with Gasteiger partial charge in [-0.05, 0) is 29.7 Å². The number of rotatable bonds is 10. The molecule has 0 spiro atoms. The molecule has 2 aliphatic heterocycles. The van der Waals surface area contributed by atoms with E-state index in [1.165, 1.54) is 0 Å². The maximum absolute atomic E-state index is 14.0. The lowest BCUT2D eigenvalue weighted by Crippen LogP contribution is -2.51. The van der Waals surface area contributed by atoms with Gasteiger partial charge in [0, 0.05) is 33.7 Å². The number of fused-ring (bicyclic) bond motifs is 3. The molecule has 7 nitrogen and oxygen atoms in total. The predicted molar refractivity (Wildman–Crippen MR) is 144 cm³/mol. The number of nitrogens with zero attached hydrogens (tertiary/aromatic N) is 2. The Morgan fingerprint density at radius 3 is 2.47 bits per heavy atom. The summed E-state index contributed by atoms with van der Waals surface area (Å²) >= 11 is 0. The SMILES string of the molecule is CCCCOc1cc2c(cc1OC)C(=O)N1Cc3ccccc3C[C@H]1C(=O)N2COCC[Si](C)(C)C. The molecular weight excluding hydrogens is 472 g/mol. The van der Waals surface area contributed by atoms with E-state index in [0.717, 1.165) is 30.0 Å². The molecule has 2 aromatic rings. The Morgan fingerprint density at radius 2 is 1.78 bits per heavy atom. The lowest BCUT2D eigenvalue weighted by Gasteiger charge is -2.35. The number of amides is 2.